The molecule has 0 bridgehead atoms. The maximum atomic E-state index is 12.5. The van der Waals surface area contributed by atoms with Crippen molar-refractivity contribution >= 4 is 21.4 Å². The minimum atomic E-state index is -3.34. The lowest BCUT2D eigenvalue weighted by molar-refractivity contribution is 0.379. The van der Waals surface area contributed by atoms with E-state index in [0.717, 1.165) is 24.1 Å². The Morgan fingerprint density at radius 1 is 1.59 bits per heavy atom. The summed E-state index contributed by atoms with van der Waals surface area (Å²) in [5.74, 6) is 0. The summed E-state index contributed by atoms with van der Waals surface area (Å²) in [5.41, 5.74) is 5.59. The molecule has 1 unspecified atom stereocenters. The zero-order valence-corrected chi connectivity index (χ0v) is 11.6. The van der Waals surface area contributed by atoms with E-state index in [4.69, 9.17) is 5.73 Å². The number of nitrogens with two attached hydrogens (primary N) is 1. The fourth-order valence-electron chi connectivity index (χ4n) is 2.37. The van der Waals surface area contributed by atoms with Crippen LogP contribution in [0.25, 0.3) is 0 Å². The molecule has 1 saturated heterocycles. The molecule has 1 aromatic heterocycles. The lowest BCUT2D eigenvalue weighted by Crippen LogP contribution is -2.35. The van der Waals surface area contributed by atoms with E-state index >= 15 is 0 Å². The molecular weight excluding hydrogens is 256 g/mol. The average Bonchev–Trinajstić information content (AvgIpc) is 2.97. The molecule has 2 heterocycles. The summed E-state index contributed by atoms with van der Waals surface area (Å²) in [4.78, 5) is 1.16. The Balaban J connectivity index is 2.36. The Morgan fingerprint density at radius 2 is 2.35 bits per heavy atom. The quantitative estimate of drug-likeness (QED) is 0.910. The van der Waals surface area contributed by atoms with Crippen LogP contribution in [0.2, 0.25) is 0 Å². The summed E-state index contributed by atoms with van der Waals surface area (Å²) in [5, 5.41) is 1.80. The molecule has 1 aliphatic heterocycles. The van der Waals surface area contributed by atoms with Gasteiger partial charge in [0.1, 0.15) is 0 Å². The molecule has 0 spiro atoms. The highest BCUT2D eigenvalue weighted by atomic mass is 32.2. The van der Waals surface area contributed by atoms with Crippen molar-refractivity contribution in [3.63, 3.8) is 0 Å². The summed E-state index contributed by atoms with van der Waals surface area (Å²) in [6.07, 6.45) is 2.80. The van der Waals surface area contributed by atoms with Gasteiger partial charge in [0.05, 0.1) is 4.90 Å². The van der Waals surface area contributed by atoms with Crippen LogP contribution in [0.1, 0.15) is 31.1 Å². The second-order valence-corrected chi connectivity index (χ2v) is 7.09. The predicted molar refractivity (Wildman–Crippen MR) is 69.4 cm³/mol. The van der Waals surface area contributed by atoms with Gasteiger partial charge in [0, 0.05) is 24.0 Å². The van der Waals surface area contributed by atoms with Crippen molar-refractivity contribution in [2.24, 2.45) is 5.73 Å². The Bertz CT molecular complexity index is 481. The van der Waals surface area contributed by atoms with E-state index in [-0.39, 0.29) is 12.6 Å². The Labute approximate surface area is 106 Å². The SMILES string of the molecule is CCC1CCCN1S(=O)(=O)c1ccsc1CN. The number of hydrogen-bond donors (Lipinski definition) is 1. The minimum absolute atomic E-state index is 0.158. The van der Waals surface area contributed by atoms with E-state index in [0.29, 0.717) is 11.4 Å². The number of hydrogen-bond acceptors (Lipinski definition) is 4. The van der Waals surface area contributed by atoms with Gasteiger partial charge in [-0.1, -0.05) is 6.92 Å². The molecule has 4 nitrogen and oxygen atoms in total. The molecule has 0 aliphatic carbocycles. The molecule has 0 saturated carbocycles. The number of nitrogens with zero attached hydrogens (tertiary/aromatic N) is 1. The van der Waals surface area contributed by atoms with Crippen LogP contribution in [0.3, 0.4) is 0 Å². The lowest BCUT2D eigenvalue weighted by atomic mass is 10.2. The highest BCUT2D eigenvalue weighted by Crippen LogP contribution is 2.31. The first-order chi connectivity index (χ1) is 8.11. The molecule has 1 atom stereocenters. The van der Waals surface area contributed by atoms with E-state index in [2.05, 4.69) is 0 Å². The average molecular weight is 274 g/mol. The summed E-state index contributed by atoms with van der Waals surface area (Å²) in [7, 11) is -3.34. The molecule has 0 amide bonds. The van der Waals surface area contributed by atoms with Crippen LogP contribution in [0.5, 0.6) is 0 Å². The van der Waals surface area contributed by atoms with Gasteiger partial charge in [-0.3, -0.25) is 0 Å². The fourth-order valence-corrected chi connectivity index (χ4v) is 5.44. The van der Waals surface area contributed by atoms with Crippen LogP contribution in [-0.4, -0.2) is 25.3 Å². The molecule has 1 aliphatic rings. The van der Waals surface area contributed by atoms with Crippen LogP contribution < -0.4 is 5.73 Å². The van der Waals surface area contributed by atoms with Crippen LogP contribution in [0.4, 0.5) is 0 Å². The van der Waals surface area contributed by atoms with Gasteiger partial charge in [0.2, 0.25) is 10.0 Å². The van der Waals surface area contributed by atoms with Crippen LogP contribution in [0.15, 0.2) is 16.3 Å². The van der Waals surface area contributed by atoms with Gasteiger partial charge < -0.3 is 5.73 Å². The maximum absolute atomic E-state index is 12.5. The van der Waals surface area contributed by atoms with Gasteiger partial charge in [-0.15, -0.1) is 11.3 Å². The third-order valence-electron chi connectivity index (χ3n) is 3.27. The standard InChI is InChI=1S/C11H18N2O2S2/c1-2-9-4-3-6-13(9)17(14,15)11-5-7-16-10(11)8-12/h5,7,9H,2-4,6,8,12H2,1H3. The zero-order chi connectivity index (χ0) is 12.5. The van der Waals surface area contributed by atoms with E-state index in [9.17, 15) is 8.42 Å². The van der Waals surface area contributed by atoms with Gasteiger partial charge in [0.15, 0.2) is 0 Å². The van der Waals surface area contributed by atoms with Crippen molar-refractivity contribution in [1.82, 2.24) is 4.31 Å². The molecule has 0 aromatic carbocycles. The summed E-state index contributed by atoms with van der Waals surface area (Å²) in [6, 6.07) is 1.83. The number of sulfonamides is 1. The molecule has 0 radical (unpaired) electrons. The Kier molecular flexibility index (Phi) is 3.87. The molecule has 2 rings (SSSR count). The molecule has 6 heteroatoms. The van der Waals surface area contributed by atoms with Gasteiger partial charge in [-0.2, -0.15) is 4.31 Å². The number of thiophene rings is 1. The van der Waals surface area contributed by atoms with E-state index in [1.165, 1.54) is 11.3 Å². The van der Waals surface area contributed by atoms with Crippen LogP contribution >= 0.6 is 11.3 Å². The predicted octanol–water partition coefficient (Wildman–Crippen LogP) is 1.77. The molecule has 1 fully saturated rings. The fraction of sp³-hybridized carbons (Fsp3) is 0.636. The first kappa shape index (κ1) is 13.0. The van der Waals surface area contributed by atoms with E-state index in [1.807, 2.05) is 6.92 Å². The van der Waals surface area contributed by atoms with Crippen LogP contribution in [-0.2, 0) is 16.6 Å². The summed E-state index contributed by atoms with van der Waals surface area (Å²) in [6.45, 7) is 2.97. The van der Waals surface area contributed by atoms with Crippen molar-refractivity contribution in [1.29, 1.82) is 0 Å². The van der Waals surface area contributed by atoms with Crippen molar-refractivity contribution in [3.05, 3.63) is 16.3 Å². The van der Waals surface area contributed by atoms with Crippen molar-refractivity contribution in [3.8, 4) is 0 Å². The topological polar surface area (TPSA) is 63.4 Å². The highest BCUT2D eigenvalue weighted by Gasteiger charge is 2.35. The molecular formula is C11H18N2O2S2. The van der Waals surface area contributed by atoms with Crippen molar-refractivity contribution in [2.45, 2.75) is 43.7 Å². The zero-order valence-electron chi connectivity index (χ0n) is 9.93. The van der Waals surface area contributed by atoms with Crippen molar-refractivity contribution < 1.29 is 8.42 Å². The molecule has 17 heavy (non-hydrogen) atoms. The Morgan fingerprint density at radius 3 is 3.00 bits per heavy atom. The third kappa shape index (κ3) is 2.27. The van der Waals surface area contributed by atoms with Gasteiger partial charge >= 0.3 is 0 Å². The van der Waals surface area contributed by atoms with Gasteiger partial charge in [0.25, 0.3) is 0 Å². The second-order valence-electron chi connectivity index (χ2n) is 4.23. The maximum Gasteiger partial charge on any atom is 0.244 e. The molecule has 1 aromatic rings. The van der Waals surface area contributed by atoms with Crippen molar-refractivity contribution in [2.75, 3.05) is 6.54 Å². The first-order valence-corrected chi connectivity index (χ1v) is 8.21. The molecule has 2 N–H and O–H groups in total. The van der Waals surface area contributed by atoms with E-state index in [1.54, 1.807) is 15.8 Å². The summed E-state index contributed by atoms with van der Waals surface area (Å²) >= 11 is 1.41. The van der Waals surface area contributed by atoms with Gasteiger partial charge in [-0.25, -0.2) is 8.42 Å². The normalized spacial score (nSPS) is 22.1. The summed E-state index contributed by atoms with van der Waals surface area (Å²) < 4.78 is 26.7. The van der Waals surface area contributed by atoms with Gasteiger partial charge in [-0.05, 0) is 30.7 Å². The third-order valence-corrected chi connectivity index (χ3v) is 6.38. The van der Waals surface area contributed by atoms with E-state index < -0.39 is 10.0 Å². The lowest BCUT2D eigenvalue weighted by Gasteiger charge is -2.23. The Hall–Kier alpha value is -0.430. The van der Waals surface area contributed by atoms with Crippen LogP contribution in [0, 0.1) is 0 Å². The second kappa shape index (κ2) is 5.06. The largest absolute Gasteiger partial charge is 0.326 e. The monoisotopic (exact) mass is 274 g/mol. The smallest absolute Gasteiger partial charge is 0.244 e. The number of rotatable bonds is 4. The molecule has 96 valence electrons. The minimum Gasteiger partial charge on any atom is -0.326 e. The first-order valence-electron chi connectivity index (χ1n) is 5.89. The highest BCUT2D eigenvalue weighted by molar-refractivity contribution is 7.89.